The smallest absolute Gasteiger partial charge is 0.323 e. The lowest BCUT2D eigenvalue weighted by Crippen LogP contribution is -2.43. The van der Waals surface area contributed by atoms with Crippen LogP contribution in [0.2, 0.25) is 0 Å². The van der Waals surface area contributed by atoms with Crippen molar-refractivity contribution in [1.29, 1.82) is 0 Å². The summed E-state index contributed by atoms with van der Waals surface area (Å²) in [5, 5.41) is 3.25. The number of nitrogens with one attached hydrogen (secondary N) is 1. The minimum Gasteiger partial charge on any atom is -0.488 e. The summed E-state index contributed by atoms with van der Waals surface area (Å²) in [7, 11) is 0. The topological polar surface area (TPSA) is 47.6 Å². The maximum absolute atomic E-state index is 12.1. The van der Waals surface area contributed by atoms with Gasteiger partial charge in [-0.05, 0) is 30.5 Å². The Labute approximate surface area is 142 Å². The molecule has 1 unspecified atom stereocenters. The molecule has 0 bridgehead atoms. The van der Waals surface area contributed by atoms with E-state index in [0.29, 0.717) is 26.2 Å². The molecule has 0 saturated carbocycles. The van der Waals surface area contributed by atoms with E-state index in [1.54, 1.807) is 0 Å². The van der Waals surface area contributed by atoms with Crippen molar-refractivity contribution >= 4 is 5.97 Å². The van der Waals surface area contributed by atoms with Gasteiger partial charge in [-0.15, -0.1) is 0 Å². The molecule has 1 atom stereocenters. The molecule has 4 nitrogen and oxygen atoms in total. The van der Waals surface area contributed by atoms with Gasteiger partial charge in [0.05, 0.1) is 6.61 Å². The molecule has 0 aliphatic carbocycles. The first-order valence-corrected chi connectivity index (χ1v) is 8.37. The van der Waals surface area contributed by atoms with Crippen molar-refractivity contribution in [3.63, 3.8) is 0 Å². The molecule has 1 aliphatic heterocycles. The fourth-order valence-corrected chi connectivity index (χ4v) is 3.02. The van der Waals surface area contributed by atoms with Crippen LogP contribution in [0.3, 0.4) is 0 Å². The lowest BCUT2D eigenvalue weighted by molar-refractivity contribution is -0.145. The van der Waals surface area contributed by atoms with Gasteiger partial charge in [0.2, 0.25) is 0 Å². The number of fused-ring (bicyclic) bond motifs is 1. The Kier molecular flexibility index (Phi) is 5.16. The number of benzene rings is 2. The number of esters is 1. The highest BCUT2D eigenvalue weighted by Crippen LogP contribution is 2.31. The Morgan fingerprint density at radius 3 is 2.75 bits per heavy atom. The SMILES string of the molecule is CCOC(=O)C1Cc2c(ccc(C)c2OCc2ccccc2)CN1. The average Bonchev–Trinajstić information content (AvgIpc) is 2.61. The van der Waals surface area contributed by atoms with Crippen LogP contribution in [0.25, 0.3) is 0 Å². The van der Waals surface area contributed by atoms with Crippen molar-refractivity contribution in [1.82, 2.24) is 5.32 Å². The van der Waals surface area contributed by atoms with Crippen LogP contribution in [0.4, 0.5) is 0 Å². The molecule has 0 saturated heterocycles. The summed E-state index contributed by atoms with van der Waals surface area (Å²) in [5.74, 6) is 0.700. The first-order chi connectivity index (χ1) is 11.7. The molecule has 2 aromatic rings. The third-order valence-electron chi connectivity index (χ3n) is 4.30. The molecule has 24 heavy (non-hydrogen) atoms. The molecule has 0 amide bonds. The van der Waals surface area contributed by atoms with Gasteiger partial charge in [0.1, 0.15) is 18.4 Å². The Hall–Kier alpha value is -2.33. The van der Waals surface area contributed by atoms with Crippen LogP contribution in [0.15, 0.2) is 42.5 Å². The molecule has 1 N–H and O–H groups in total. The van der Waals surface area contributed by atoms with E-state index in [1.807, 2.05) is 44.2 Å². The van der Waals surface area contributed by atoms with Gasteiger partial charge in [-0.1, -0.05) is 42.5 Å². The van der Waals surface area contributed by atoms with Gasteiger partial charge in [0, 0.05) is 18.5 Å². The second-order valence-corrected chi connectivity index (χ2v) is 6.01. The third kappa shape index (κ3) is 3.60. The van der Waals surface area contributed by atoms with Crippen molar-refractivity contribution in [2.24, 2.45) is 0 Å². The number of rotatable bonds is 5. The van der Waals surface area contributed by atoms with E-state index in [0.717, 1.165) is 22.4 Å². The van der Waals surface area contributed by atoms with Crippen LogP contribution in [-0.2, 0) is 29.1 Å². The van der Waals surface area contributed by atoms with Gasteiger partial charge in [0.15, 0.2) is 0 Å². The van der Waals surface area contributed by atoms with Crippen LogP contribution < -0.4 is 10.1 Å². The van der Waals surface area contributed by atoms with E-state index >= 15 is 0 Å². The highest BCUT2D eigenvalue weighted by atomic mass is 16.5. The fourth-order valence-electron chi connectivity index (χ4n) is 3.02. The second-order valence-electron chi connectivity index (χ2n) is 6.01. The Balaban J connectivity index is 1.81. The molecule has 0 spiro atoms. The van der Waals surface area contributed by atoms with Gasteiger partial charge in [-0.3, -0.25) is 4.79 Å². The van der Waals surface area contributed by atoms with Crippen LogP contribution in [0, 0.1) is 6.92 Å². The molecule has 3 rings (SSSR count). The summed E-state index contributed by atoms with van der Waals surface area (Å²) < 4.78 is 11.3. The Bertz CT molecular complexity index is 712. The van der Waals surface area contributed by atoms with E-state index in [9.17, 15) is 4.79 Å². The van der Waals surface area contributed by atoms with Crippen LogP contribution in [0.5, 0.6) is 5.75 Å². The standard InChI is InChI=1S/C20H23NO3/c1-3-23-20(22)18-11-17-16(12-21-18)10-9-14(2)19(17)24-13-15-7-5-4-6-8-15/h4-10,18,21H,3,11-13H2,1-2H3. The Morgan fingerprint density at radius 2 is 2.00 bits per heavy atom. The van der Waals surface area contributed by atoms with Crippen molar-refractivity contribution in [2.45, 2.75) is 39.5 Å². The molecule has 4 heteroatoms. The molecule has 1 heterocycles. The molecule has 126 valence electrons. The fraction of sp³-hybridized carbons (Fsp3) is 0.350. The lowest BCUT2D eigenvalue weighted by atomic mass is 9.93. The molecular weight excluding hydrogens is 302 g/mol. The predicted molar refractivity (Wildman–Crippen MR) is 92.9 cm³/mol. The summed E-state index contributed by atoms with van der Waals surface area (Å²) in [6, 6.07) is 14.0. The van der Waals surface area contributed by atoms with E-state index in [1.165, 1.54) is 5.56 Å². The molecule has 2 aromatic carbocycles. The van der Waals surface area contributed by atoms with Gasteiger partial charge in [-0.25, -0.2) is 0 Å². The summed E-state index contributed by atoms with van der Waals surface area (Å²) >= 11 is 0. The Morgan fingerprint density at radius 1 is 1.21 bits per heavy atom. The van der Waals surface area contributed by atoms with Crippen LogP contribution in [0.1, 0.15) is 29.2 Å². The maximum atomic E-state index is 12.1. The monoisotopic (exact) mass is 325 g/mol. The lowest BCUT2D eigenvalue weighted by Gasteiger charge is -2.27. The average molecular weight is 325 g/mol. The first kappa shape index (κ1) is 16.5. The van der Waals surface area contributed by atoms with Crippen molar-refractivity contribution < 1.29 is 14.3 Å². The zero-order chi connectivity index (χ0) is 16.9. The van der Waals surface area contributed by atoms with Gasteiger partial charge in [-0.2, -0.15) is 0 Å². The summed E-state index contributed by atoms with van der Waals surface area (Å²) in [5.41, 5.74) is 4.52. The van der Waals surface area contributed by atoms with E-state index < -0.39 is 0 Å². The summed E-state index contributed by atoms with van der Waals surface area (Å²) in [6.07, 6.45) is 0.597. The molecule has 0 aromatic heterocycles. The van der Waals surface area contributed by atoms with Crippen LogP contribution in [-0.4, -0.2) is 18.6 Å². The second kappa shape index (κ2) is 7.49. The van der Waals surface area contributed by atoms with Crippen molar-refractivity contribution in [3.8, 4) is 5.75 Å². The third-order valence-corrected chi connectivity index (χ3v) is 4.30. The number of hydrogen-bond donors (Lipinski definition) is 1. The molecule has 0 radical (unpaired) electrons. The maximum Gasteiger partial charge on any atom is 0.323 e. The number of carbonyl (C=O) groups is 1. The quantitative estimate of drug-likeness (QED) is 0.858. The normalized spacial score (nSPS) is 16.3. The molecule has 1 aliphatic rings. The number of ether oxygens (including phenoxy) is 2. The summed E-state index contributed by atoms with van der Waals surface area (Å²) in [4.78, 5) is 12.1. The minimum absolute atomic E-state index is 0.196. The van der Waals surface area contributed by atoms with Crippen molar-refractivity contribution in [3.05, 3.63) is 64.7 Å². The molecular formula is C20H23NO3. The number of hydrogen-bond acceptors (Lipinski definition) is 4. The zero-order valence-electron chi connectivity index (χ0n) is 14.2. The van der Waals surface area contributed by atoms with Gasteiger partial charge < -0.3 is 14.8 Å². The van der Waals surface area contributed by atoms with E-state index in [-0.39, 0.29) is 12.0 Å². The highest BCUT2D eigenvalue weighted by molar-refractivity contribution is 5.77. The van der Waals surface area contributed by atoms with Crippen molar-refractivity contribution in [2.75, 3.05) is 6.61 Å². The first-order valence-electron chi connectivity index (χ1n) is 8.37. The van der Waals surface area contributed by atoms with Gasteiger partial charge in [0.25, 0.3) is 0 Å². The van der Waals surface area contributed by atoms with E-state index in [4.69, 9.17) is 9.47 Å². The number of aryl methyl sites for hydroxylation is 1. The largest absolute Gasteiger partial charge is 0.488 e. The van der Waals surface area contributed by atoms with E-state index in [2.05, 4.69) is 17.4 Å². The highest BCUT2D eigenvalue weighted by Gasteiger charge is 2.28. The zero-order valence-corrected chi connectivity index (χ0v) is 14.2. The van der Waals surface area contributed by atoms with Crippen LogP contribution >= 0.6 is 0 Å². The predicted octanol–water partition coefficient (Wildman–Crippen LogP) is 3.15. The number of carbonyl (C=O) groups excluding carboxylic acids is 1. The summed E-state index contributed by atoms with van der Waals surface area (Å²) in [6.45, 7) is 5.45. The minimum atomic E-state index is -0.307. The molecule has 0 fully saturated rings. The van der Waals surface area contributed by atoms with Gasteiger partial charge >= 0.3 is 5.97 Å².